The first-order valence-electron chi connectivity index (χ1n) is 7.34. The van der Waals surface area contributed by atoms with Crippen LogP contribution in [0.1, 0.15) is 38.2 Å². The molecule has 1 aliphatic rings. The second-order valence-corrected chi connectivity index (χ2v) is 5.37. The number of rotatable bonds is 7. The summed E-state index contributed by atoms with van der Waals surface area (Å²) >= 11 is 0. The maximum Gasteiger partial charge on any atom is 0.0700 e. The van der Waals surface area contributed by atoms with E-state index in [0.717, 1.165) is 44.4 Å². The maximum atomic E-state index is 9.93. The summed E-state index contributed by atoms with van der Waals surface area (Å²) < 4.78 is 5.66. The molecule has 0 amide bonds. The number of nitrogens with one attached hydrogen (secondary N) is 1. The SMILES string of the molecule is CCCC(CO)(NCC1CCCO1)c1ccccc1. The number of aliphatic hydroxyl groups excluding tert-OH is 1. The molecule has 0 saturated carbocycles. The summed E-state index contributed by atoms with van der Waals surface area (Å²) in [5.41, 5.74) is 0.833. The summed E-state index contributed by atoms with van der Waals surface area (Å²) in [7, 11) is 0. The van der Waals surface area contributed by atoms with Crippen LogP contribution in [-0.2, 0) is 10.3 Å². The van der Waals surface area contributed by atoms with Crippen molar-refractivity contribution in [2.45, 2.75) is 44.2 Å². The Morgan fingerprint density at radius 1 is 1.37 bits per heavy atom. The summed E-state index contributed by atoms with van der Waals surface area (Å²) in [5.74, 6) is 0. The molecule has 106 valence electrons. The van der Waals surface area contributed by atoms with Gasteiger partial charge in [-0.2, -0.15) is 0 Å². The molecule has 1 heterocycles. The fourth-order valence-electron chi connectivity index (χ4n) is 2.86. The molecule has 0 radical (unpaired) electrons. The van der Waals surface area contributed by atoms with E-state index in [2.05, 4.69) is 24.4 Å². The number of hydrogen-bond acceptors (Lipinski definition) is 3. The topological polar surface area (TPSA) is 41.5 Å². The monoisotopic (exact) mass is 263 g/mol. The van der Waals surface area contributed by atoms with E-state index in [1.165, 1.54) is 0 Å². The minimum absolute atomic E-state index is 0.123. The summed E-state index contributed by atoms with van der Waals surface area (Å²) in [6.45, 7) is 3.96. The van der Waals surface area contributed by atoms with Gasteiger partial charge in [0, 0.05) is 13.2 Å². The van der Waals surface area contributed by atoms with E-state index in [4.69, 9.17) is 4.74 Å². The molecule has 0 spiro atoms. The molecular weight excluding hydrogens is 238 g/mol. The first-order valence-corrected chi connectivity index (χ1v) is 7.34. The Balaban J connectivity index is 2.09. The average Bonchev–Trinajstić information content (AvgIpc) is 2.98. The van der Waals surface area contributed by atoms with Gasteiger partial charge >= 0.3 is 0 Å². The van der Waals surface area contributed by atoms with Gasteiger partial charge in [-0.15, -0.1) is 0 Å². The molecule has 3 nitrogen and oxygen atoms in total. The lowest BCUT2D eigenvalue weighted by molar-refractivity contribution is 0.0840. The molecule has 2 atom stereocenters. The van der Waals surface area contributed by atoms with Crippen LogP contribution in [0.4, 0.5) is 0 Å². The smallest absolute Gasteiger partial charge is 0.0700 e. The minimum Gasteiger partial charge on any atom is -0.394 e. The highest BCUT2D eigenvalue weighted by atomic mass is 16.5. The zero-order valence-electron chi connectivity index (χ0n) is 11.8. The highest BCUT2D eigenvalue weighted by Gasteiger charge is 2.31. The standard InChI is InChI=1S/C16H25NO2/c1-2-10-16(13-18,14-7-4-3-5-8-14)17-12-15-9-6-11-19-15/h3-5,7-8,15,17-18H,2,6,9-13H2,1H3. The van der Waals surface area contributed by atoms with Crippen molar-refractivity contribution in [1.82, 2.24) is 5.32 Å². The summed E-state index contributed by atoms with van der Waals surface area (Å²) in [6, 6.07) is 10.3. The summed E-state index contributed by atoms with van der Waals surface area (Å²) in [5, 5.41) is 13.5. The summed E-state index contributed by atoms with van der Waals surface area (Å²) in [6.07, 6.45) is 4.54. The lowest BCUT2D eigenvalue weighted by Gasteiger charge is -2.34. The molecule has 2 rings (SSSR count). The molecule has 0 aliphatic carbocycles. The van der Waals surface area contributed by atoms with Crippen LogP contribution in [0.15, 0.2) is 30.3 Å². The van der Waals surface area contributed by atoms with Crippen LogP contribution in [0.5, 0.6) is 0 Å². The van der Waals surface area contributed by atoms with Crippen LogP contribution >= 0.6 is 0 Å². The third-order valence-corrected chi connectivity index (χ3v) is 3.97. The van der Waals surface area contributed by atoms with Gasteiger partial charge in [-0.1, -0.05) is 43.7 Å². The zero-order valence-corrected chi connectivity index (χ0v) is 11.8. The lowest BCUT2D eigenvalue weighted by atomic mass is 9.86. The van der Waals surface area contributed by atoms with Crippen molar-refractivity contribution in [2.75, 3.05) is 19.8 Å². The van der Waals surface area contributed by atoms with E-state index in [1.807, 2.05) is 18.2 Å². The molecule has 3 heteroatoms. The molecule has 19 heavy (non-hydrogen) atoms. The van der Waals surface area contributed by atoms with Crippen molar-refractivity contribution in [3.05, 3.63) is 35.9 Å². The molecule has 1 aromatic rings. The van der Waals surface area contributed by atoms with Gasteiger partial charge in [0.15, 0.2) is 0 Å². The first kappa shape index (κ1) is 14.5. The van der Waals surface area contributed by atoms with Gasteiger partial charge in [-0.05, 0) is 24.8 Å². The van der Waals surface area contributed by atoms with Gasteiger partial charge in [-0.25, -0.2) is 0 Å². The van der Waals surface area contributed by atoms with E-state index in [0.29, 0.717) is 6.10 Å². The molecule has 1 saturated heterocycles. The molecule has 0 bridgehead atoms. The van der Waals surface area contributed by atoms with Gasteiger partial charge < -0.3 is 15.2 Å². The average molecular weight is 263 g/mol. The normalized spacial score (nSPS) is 22.3. The van der Waals surface area contributed by atoms with Gasteiger partial charge in [-0.3, -0.25) is 0 Å². The lowest BCUT2D eigenvalue weighted by Crippen LogP contribution is -2.48. The Morgan fingerprint density at radius 2 is 2.16 bits per heavy atom. The minimum atomic E-state index is -0.331. The van der Waals surface area contributed by atoms with Gasteiger partial charge in [0.25, 0.3) is 0 Å². The predicted molar refractivity (Wildman–Crippen MR) is 77.1 cm³/mol. The van der Waals surface area contributed by atoms with Crippen molar-refractivity contribution in [3.8, 4) is 0 Å². The Hall–Kier alpha value is -0.900. The number of hydrogen-bond donors (Lipinski definition) is 2. The van der Waals surface area contributed by atoms with Gasteiger partial charge in [0.05, 0.1) is 18.2 Å². The maximum absolute atomic E-state index is 9.93. The fraction of sp³-hybridized carbons (Fsp3) is 0.625. The largest absolute Gasteiger partial charge is 0.394 e. The molecule has 0 aromatic heterocycles. The van der Waals surface area contributed by atoms with Crippen LogP contribution < -0.4 is 5.32 Å². The molecular formula is C16H25NO2. The van der Waals surface area contributed by atoms with Crippen molar-refractivity contribution >= 4 is 0 Å². The number of aliphatic hydroxyl groups is 1. The Kier molecular flexibility index (Phi) is 5.37. The Labute approximate surface area is 116 Å². The van der Waals surface area contributed by atoms with Crippen molar-refractivity contribution in [3.63, 3.8) is 0 Å². The second kappa shape index (κ2) is 7.04. The molecule has 2 unspecified atom stereocenters. The third-order valence-electron chi connectivity index (χ3n) is 3.97. The van der Waals surface area contributed by atoms with Gasteiger partial charge in [0.2, 0.25) is 0 Å². The van der Waals surface area contributed by atoms with E-state index >= 15 is 0 Å². The van der Waals surface area contributed by atoms with E-state index in [9.17, 15) is 5.11 Å². The van der Waals surface area contributed by atoms with Crippen LogP contribution in [0.3, 0.4) is 0 Å². The van der Waals surface area contributed by atoms with Crippen LogP contribution in [0.25, 0.3) is 0 Å². The predicted octanol–water partition coefficient (Wildman–Crippen LogP) is 2.44. The highest BCUT2D eigenvalue weighted by molar-refractivity contribution is 5.24. The number of benzene rings is 1. The van der Waals surface area contributed by atoms with Crippen LogP contribution in [-0.4, -0.2) is 31.0 Å². The Bertz CT molecular complexity index is 362. The van der Waals surface area contributed by atoms with Crippen LogP contribution in [0, 0.1) is 0 Å². The van der Waals surface area contributed by atoms with E-state index in [-0.39, 0.29) is 12.1 Å². The second-order valence-electron chi connectivity index (χ2n) is 5.37. The number of ether oxygens (including phenoxy) is 1. The molecule has 1 aliphatic heterocycles. The van der Waals surface area contributed by atoms with Crippen molar-refractivity contribution < 1.29 is 9.84 Å². The molecule has 1 aromatic carbocycles. The molecule has 2 N–H and O–H groups in total. The third kappa shape index (κ3) is 3.56. The first-order chi connectivity index (χ1) is 9.30. The Morgan fingerprint density at radius 3 is 2.74 bits per heavy atom. The van der Waals surface area contributed by atoms with Crippen molar-refractivity contribution in [2.24, 2.45) is 0 Å². The zero-order chi connectivity index (χ0) is 13.6. The molecule has 1 fully saturated rings. The van der Waals surface area contributed by atoms with E-state index < -0.39 is 0 Å². The van der Waals surface area contributed by atoms with Crippen LogP contribution in [0.2, 0.25) is 0 Å². The fourth-order valence-corrected chi connectivity index (χ4v) is 2.86. The quantitative estimate of drug-likeness (QED) is 0.794. The van der Waals surface area contributed by atoms with Crippen molar-refractivity contribution in [1.29, 1.82) is 0 Å². The van der Waals surface area contributed by atoms with Gasteiger partial charge in [0.1, 0.15) is 0 Å². The summed E-state index contributed by atoms with van der Waals surface area (Å²) in [4.78, 5) is 0. The van der Waals surface area contributed by atoms with E-state index in [1.54, 1.807) is 0 Å². The highest BCUT2D eigenvalue weighted by Crippen LogP contribution is 2.26.